The number of nitrogens with zero attached hydrogens (tertiary/aromatic N) is 2. The summed E-state index contributed by atoms with van der Waals surface area (Å²) in [5, 5.41) is 2.98. The van der Waals surface area contributed by atoms with E-state index in [0.29, 0.717) is 37.7 Å². The van der Waals surface area contributed by atoms with Gasteiger partial charge in [0.2, 0.25) is 10.0 Å². The lowest BCUT2D eigenvalue weighted by atomic mass is 9.79. The zero-order valence-electron chi connectivity index (χ0n) is 15.9. The molecule has 7 nitrogen and oxygen atoms in total. The van der Waals surface area contributed by atoms with Gasteiger partial charge < -0.3 is 10.1 Å². The molecule has 0 aliphatic carbocycles. The van der Waals surface area contributed by atoms with Gasteiger partial charge in [-0.2, -0.15) is 0 Å². The van der Waals surface area contributed by atoms with Gasteiger partial charge in [-0.15, -0.1) is 0 Å². The van der Waals surface area contributed by atoms with E-state index in [1.165, 1.54) is 0 Å². The van der Waals surface area contributed by atoms with Gasteiger partial charge in [0, 0.05) is 44.2 Å². The van der Waals surface area contributed by atoms with Crippen molar-refractivity contribution in [2.45, 2.75) is 44.6 Å². The van der Waals surface area contributed by atoms with Gasteiger partial charge in [0.15, 0.2) is 0 Å². The summed E-state index contributed by atoms with van der Waals surface area (Å²) in [7, 11) is -3.11. The van der Waals surface area contributed by atoms with Crippen LogP contribution in [0.25, 0.3) is 0 Å². The van der Waals surface area contributed by atoms with Crippen molar-refractivity contribution in [3.63, 3.8) is 0 Å². The number of rotatable bonds is 6. The number of pyridine rings is 1. The summed E-state index contributed by atoms with van der Waals surface area (Å²) in [5.41, 5.74) is 0.426. The summed E-state index contributed by atoms with van der Waals surface area (Å²) in [5.74, 6) is 0.573. The number of amides is 1. The molecule has 0 aromatic carbocycles. The van der Waals surface area contributed by atoms with Crippen molar-refractivity contribution in [1.82, 2.24) is 14.6 Å². The van der Waals surface area contributed by atoms with Crippen LogP contribution in [0.3, 0.4) is 0 Å². The van der Waals surface area contributed by atoms with Crippen LogP contribution in [0.5, 0.6) is 0 Å². The Morgan fingerprint density at radius 2 is 2.04 bits per heavy atom. The highest BCUT2D eigenvalue weighted by Gasteiger charge is 2.42. The Hall–Kier alpha value is -1.51. The second kappa shape index (κ2) is 8.67. The fourth-order valence-electron chi connectivity index (χ4n) is 4.07. The van der Waals surface area contributed by atoms with E-state index < -0.39 is 10.0 Å². The van der Waals surface area contributed by atoms with Gasteiger partial charge in [0.05, 0.1) is 11.4 Å². The summed E-state index contributed by atoms with van der Waals surface area (Å²) < 4.78 is 31.8. The number of sulfonamides is 1. The number of carbonyl (C=O) groups is 1. The normalized spacial score (nSPS) is 23.2. The number of aromatic nitrogens is 1. The van der Waals surface area contributed by atoms with Crippen molar-refractivity contribution in [2.24, 2.45) is 5.92 Å². The molecular weight excluding hydrogens is 366 g/mol. The van der Waals surface area contributed by atoms with Gasteiger partial charge >= 0.3 is 0 Å². The predicted molar refractivity (Wildman–Crippen MR) is 103 cm³/mol. The van der Waals surface area contributed by atoms with Gasteiger partial charge in [-0.3, -0.25) is 9.78 Å². The number of hydrogen-bond acceptors (Lipinski definition) is 5. The molecule has 1 amide bonds. The Labute approximate surface area is 161 Å². The molecule has 3 rings (SSSR count). The highest BCUT2D eigenvalue weighted by Crippen LogP contribution is 2.39. The van der Waals surface area contributed by atoms with Crippen LogP contribution in [0.4, 0.5) is 0 Å². The standard InChI is InChI=1S/C19H29N3O4S/c1-2-27(24,25)22-12-7-19(8-13-22)15-16(6-14-26-19)3-11-21-18(23)17-4-9-20-10-5-17/h4-5,9-10,16H,2-3,6-8,11-15H2,1H3,(H,21,23). The van der Waals surface area contributed by atoms with Crippen molar-refractivity contribution < 1.29 is 17.9 Å². The zero-order chi connectivity index (χ0) is 19.3. The maximum absolute atomic E-state index is 12.1. The van der Waals surface area contributed by atoms with E-state index in [1.807, 2.05) is 0 Å². The largest absolute Gasteiger partial charge is 0.375 e. The summed E-state index contributed by atoms with van der Waals surface area (Å²) >= 11 is 0. The molecular formula is C19H29N3O4S. The molecule has 8 heteroatoms. The van der Waals surface area contributed by atoms with E-state index in [2.05, 4.69) is 10.3 Å². The van der Waals surface area contributed by atoms with Crippen molar-refractivity contribution in [3.05, 3.63) is 30.1 Å². The van der Waals surface area contributed by atoms with Crippen LogP contribution in [0, 0.1) is 5.92 Å². The van der Waals surface area contributed by atoms with Crippen molar-refractivity contribution >= 4 is 15.9 Å². The van der Waals surface area contributed by atoms with E-state index >= 15 is 0 Å². The van der Waals surface area contributed by atoms with Crippen LogP contribution in [-0.2, 0) is 14.8 Å². The van der Waals surface area contributed by atoms with Crippen molar-refractivity contribution in [2.75, 3.05) is 32.0 Å². The summed E-state index contributed by atoms with van der Waals surface area (Å²) in [6.45, 7) is 4.12. The van der Waals surface area contributed by atoms with E-state index in [1.54, 1.807) is 35.8 Å². The lowest BCUT2D eigenvalue weighted by Gasteiger charge is -2.46. The highest BCUT2D eigenvalue weighted by atomic mass is 32.2. The lowest BCUT2D eigenvalue weighted by Crippen LogP contribution is -2.51. The molecule has 0 radical (unpaired) electrons. The third kappa shape index (κ3) is 5.06. The first-order chi connectivity index (χ1) is 12.9. The smallest absolute Gasteiger partial charge is 0.251 e. The minimum Gasteiger partial charge on any atom is -0.375 e. The predicted octanol–water partition coefficient (Wildman–Crippen LogP) is 1.81. The van der Waals surface area contributed by atoms with E-state index in [-0.39, 0.29) is 17.3 Å². The van der Waals surface area contributed by atoms with Crippen LogP contribution in [0.15, 0.2) is 24.5 Å². The molecule has 1 aromatic rings. The molecule has 3 heterocycles. The average molecular weight is 396 g/mol. The van der Waals surface area contributed by atoms with E-state index in [9.17, 15) is 13.2 Å². The molecule has 1 N–H and O–H groups in total. The van der Waals surface area contributed by atoms with Crippen LogP contribution in [0.2, 0.25) is 0 Å². The third-order valence-electron chi connectivity index (χ3n) is 5.77. The number of nitrogens with one attached hydrogen (secondary N) is 1. The number of carbonyl (C=O) groups excluding carboxylic acids is 1. The van der Waals surface area contributed by atoms with Crippen molar-refractivity contribution in [3.8, 4) is 0 Å². The molecule has 150 valence electrons. The topological polar surface area (TPSA) is 88.6 Å². The number of piperidine rings is 1. The van der Waals surface area contributed by atoms with Crippen LogP contribution >= 0.6 is 0 Å². The van der Waals surface area contributed by atoms with Crippen LogP contribution < -0.4 is 5.32 Å². The van der Waals surface area contributed by atoms with Gasteiger partial charge in [-0.1, -0.05) is 0 Å². The second-order valence-electron chi connectivity index (χ2n) is 7.47. The molecule has 0 bridgehead atoms. The second-order valence-corrected chi connectivity index (χ2v) is 9.73. The molecule has 2 aliphatic heterocycles. The van der Waals surface area contributed by atoms with Gasteiger partial charge in [0.1, 0.15) is 0 Å². The fraction of sp³-hybridized carbons (Fsp3) is 0.684. The Balaban J connectivity index is 1.47. The van der Waals surface area contributed by atoms with Gasteiger partial charge in [-0.05, 0) is 57.1 Å². The number of ether oxygens (including phenoxy) is 1. The van der Waals surface area contributed by atoms with Gasteiger partial charge in [0.25, 0.3) is 5.91 Å². The molecule has 2 aliphatic rings. The van der Waals surface area contributed by atoms with Crippen LogP contribution in [0.1, 0.15) is 49.4 Å². The minimum absolute atomic E-state index is 0.0720. The lowest BCUT2D eigenvalue weighted by molar-refractivity contribution is -0.121. The first-order valence-electron chi connectivity index (χ1n) is 9.74. The molecule has 2 saturated heterocycles. The fourth-order valence-corrected chi connectivity index (χ4v) is 5.18. The molecule has 1 unspecified atom stereocenters. The van der Waals surface area contributed by atoms with E-state index in [4.69, 9.17) is 4.74 Å². The molecule has 2 fully saturated rings. The average Bonchev–Trinajstić information content (AvgIpc) is 2.69. The number of hydrogen-bond donors (Lipinski definition) is 1. The van der Waals surface area contributed by atoms with Crippen molar-refractivity contribution in [1.29, 1.82) is 0 Å². The Bertz CT molecular complexity index is 731. The molecule has 1 aromatic heterocycles. The monoisotopic (exact) mass is 395 g/mol. The first-order valence-corrected chi connectivity index (χ1v) is 11.3. The highest BCUT2D eigenvalue weighted by molar-refractivity contribution is 7.89. The molecule has 1 atom stereocenters. The quantitative estimate of drug-likeness (QED) is 0.794. The summed E-state index contributed by atoms with van der Waals surface area (Å²) in [6.07, 6.45) is 7.59. The maximum atomic E-state index is 12.1. The molecule has 0 saturated carbocycles. The first kappa shape index (κ1) is 20.2. The molecule has 1 spiro atoms. The van der Waals surface area contributed by atoms with Crippen LogP contribution in [-0.4, -0.2) is 61.2 Å². The summed E-state index contributed by atoms with van der Waals surface area (Å²) in [4.78, 5) is 16.0. The SMILES string of the molecule is CCS(=O)(=O)N1CCC2(CC1)CC(CCNC(=O)c1ccncc1)CCO2. The van der Waals surface area contributed by atoms with Gasteiger partial charge in [-0.25, -0.2) is 12.7 Å². The minimum atomic E-state index is -3.11. The maximum Gasteiger partial charge on any atom is 0.251 e. The Morgan fingerprint density at radius 1 is 1.33 bits per heavy atom. The Morgan fingerprint density at radius 3 is 2.70 bits per heavy atom. The Kier molecular flexibility index (Phi) is 6.49. The third-order valence-corrected chi connectivity index (χ3v) is 7.65. The van der Waals surface area contributed by atoms with E-state index in [0.717, 1.165) is 32.1 Å². The summed E-state index contributed by atoms with van der Waals surface area (Å²) in [6, 6.07) is 3.41. The molecule has 27 heavy (non-hydrogen) atoms. The zero-order valence-corrected chi connectivity index (χ0v) is 16.7.